The molecule has 0 unspecified atom stereocenters. The van der Waals surface area contributed by atoms with E-state index >= 15 is 0 Å². The zero-order valence-corrected chi connectivity index (χ0v) is 18.2. The normalized spacial score (nSPS) is 11.3. The van der Waals surface area contributed by atoms with E-state index in [-0.39, 0.29) is 12.3 Å². The molecule has 1 atom stereocenters. The second kappa shape index (κ2) is 12.8. The van der Waals surface area contributed by atoms with Crippen LogP contribution < -0.4 is 20.9 Å². The highest BCUT2D eigenvalue weighted by Crippen LogP contribution is 2.15. The van der Waals surface area contributed by atoms with Gasteiger partial charge in [-0.25, -0.2) is 10.5 Å². The van der Waals surface area contributed by atoms with E-state index in [0.29, 0.717) is 18.6 Å². The van der Waals surface area contributed by atoms with Crippen molar-refractivity contribution in [3.63, 3.8) is 0 Å². The molecule has 0 aliphatic rings. The van der Waals surface area contributed by atoms with E-state index in [1.165, 1.54) is 0 Å². The van der Waals surface area contributed by atoms with Crippen LogP contribution in [0.15, 0.2) is 79.0 Å². The maximum absolute atomic E-state index is 12.5. The lowest BCUT2D eigenvalue weighted by atomic mass is 10.0. The van der Waals surface area contributed by atoms with Crippen molar-refractivity contribution in [2.75, 3.05) is 18.5 Å². The van der Waals surface area contributed by atoms with Crippen LogP contribution in [0.2, 0.25) is 0 Å². The maximum Gasteiger partial charge on any atom is 0.251 e. The van der Waals surface area contributed by atoms with Crippen molar-refractivity contribution in [3.8, 4) is 5.75 Å². The fourth-order valence-corrected chi connectivity index (χ4v) is 3.25. The van der Waals surface area contributed by atoms with Gasteiger partial charge in [-0.1, -0.05) is 36.4 Å². The van der Waals surface area contributed by atoms with Gasteiger partial charge >= 0.3 is 0 Å². The van der Waals surface area contributed by atoms with Crippen LogP contribution in [0, 0.1) is 0 Å². The quantitative estimate of drug-likeness (QED) is 0.192. The third-order valence-corrected chi connectivity index (χ3v) is 4.89. The van der Waals surface area contributed by atoms with Crippen molar-refractivity contribution >= 4 is 17.6 Å². The van der Waals surface area contributed by atoms with Gasteiger partial charge in [0.15, 0.2) is 0 Å². The number of nitrogens with one attached hydrogen (secondary N) is 3. The van der Waals surface area contributed by atoms with Crippen LogP contribution >= 0.6 is 0 Å². The summed E-state index contributed by atoms with van der Waals surface area (Å²) < 4.78 is 5.78. The van der Waals surface area contributed by atoms with Crippen molar-refractivity contribution in [1.29, 1.82) is 0 Å². The molecule has 4 N–H and O–H groups in total. The molecule has 8 nitrogen and oxygen atoms in total. The highest BCUT2D eigenvalue weighted by Gasteiger charge is 2.18. The predicted octanol–water partition coefficient (Wildman–Crippen LogP) is 3.20. The molecule has 0 fully saturated rings. The lowest BCUT2D eigenvalue weighted by molar-refractivity contribution is -0.129. The summed E-state index contributed by atoms with van der Waals surface area (Å²) in [6, 6.07) is 21.6. The van der Waals surface area contributed by atoms with Gasteiger partial charge in [0.25, 0.3) is 5.91 Å². The summed E-state index contributed by atoms with van der Waals surface area (Å²) in [5.74, 6) is 0.749. The van der Waals surface area contributed by atoms with Crippen LogP contribution in [0.5, 0.6) is 5.75 Å². The van der Waals surface area contributed by atoms with Gasteiger partial charge < -0.3 is 15.4 Å². The SMILES string of the molecule is O=C(C[C@H](Cc1ccc(OCCCNc2ccccn2)cc1)NC(=O)c1ccccc1)NO. The fourth-order valence-electron chi connectivity index (χ4n) is 3.25. The van der Waals surface area contributed by atoms with Crippen molar-refractivity contribution in [2.45, 2.75) is 25.3 Å². The number of aromatic nitrogens is 1. The van der Waals surface area contributed by atoms with Crippen molar-refractivity contribution in [1.82, 2.24) is 15.8 Å². The number of anilines is 1. The lowest BCUT2D eigenvalue weighted by Gasteiger charge is -2.18. The first kappa shape index (κ1) is 23.7. The highest BCUT2D eigenvalue weighted by molar-refractivity contribution is 5.94. The molecule has 3 rings (SSSR count). The number of hydroxylamine groups is 1. The van der Waals surface area contributed by atoms with Crippen LogP contribution in [0.25, 0.3) is 0 Å². The van der Waals surface area contributed by atoms with E-state index < -0.39 is 11.9 Å². The van der Waals surface area contributed by atoms with Crippen molar-refractivity contribution in [2.24, 2.45) is 0 Å². The topological polar surface area (TPSA) is 113 Å². The summed E-state index contributed by atoms with van der Waals surface area (Å²) in [5, 5.41) is 15.0. The van der Waals surface area contributed by atoms with Crippen LogP contribution in [0.1, 0.15) is 28.8 Å². The van der Waals surface area contributed by atoms with Gasteiger partial charge in [-0.2, -0.15) is 0 Å². The van der Waals surface area contributed by atoms with Gasteiger partial charge in [0, 0.05) is 30.8 Å². The first-order valence-corrected chi connectivity index (χ1v) is 10.8. The Morgan fingerprint density at radius 2 is 1.73 bits per heavy atom. The monoisotopic (exact) mass is 448 g/mol. The van der Waals surface area contributed by atoms with Gasteiger partial charge in [-0.3, -0.25) is 14.8 Å². The molecule has 3 aromatic rings. The molecule has 33 heavy (non-hydrogen) atoms. The second-order valence-electron chi connectivity index (χ2n) is 7.47. The van der Waals surface area contributed by atoms with E-state index in [4.69, 9.17) is 9.94 Å². The number of carbonyl (C=O) groups is 2. The summed E-state index contributed by atoms with van der Waals surface area (Å²) in [6.45, 7) is 1.32. The van der Waals surface area contributed by atoms with Gasteiger partial charge in [-0.05, 0) is 54.8 Å². The Hall–Kier alpha value is -3.91. The Morgan fingerprint density at radius 3 is 2.42 bits per heavy atom. The third-order valence-electron chi connectivity index (χ3n) is 4.89. The van der Waals surface area contributed by atoms with Gasteiger partial charge in [-0.15, -0.1) is 0 Å². The second-order valence-corrected chi connectivity index (χ2v) is 7.47. The van der Waals surface area contributed by atoms with Gasteiger partial charge in [0.1, 0.15) is 11.6 Å². The number of nitrogens with zero attached hydrogens (tertiary/aromatic N) is 1. The smallest absolute Gasteiger partial charge is 0.251 e. The first-order chi connectivity index (χ1) is 16.1. The molecular formula is C25H28N4O4. The number of carbonyl (C=O) groups excluding carboxylic acids is 2. The molecule has 0 saturated heterocycles. The molecule has 0 aliphatic carbocycles. The van der Waals surface area contributed by atoms with Crippen LogP contribution in [0.3, 0.4) is 0 Å². The van der Waals surface area contributed by atoms with E-state index in [0.717, 1.165) is 30.1 Å². The van der Waals surface area contributed by atoms with E-state index in [2.05, 4.69) is 15.6 Å². The Labute approximate surface area is 193 Å². The van der Waals surface area contributed by atoms with E-state index in [1.807, 2.05) is 48.5 Å². The number of rotatable bonds is 12. The molecular weight excluding hydrogens is 420 g/mol. The van der Waals surface area contributed by atoms with Crippen molar-refractivity contribution < 1.29 is 19.5 Å². The summed E-state index contributed by atoms with van der Waals surface area (Å²) in [5.41, 5.74) is 3.07. The molecule has 0 spiro atoms. The standard InChI is InChI=1S/C25H28N4O4/c30-24(29-32)18-21(28-25(31)20-7-2-1-3-8-20)17-19-10-12-22(13-11-19)33-16-6-15-27-23-9-4-5-14-26-23/h1-5,7-14,21,32H,6,15-18H2,(H,26,27)(H,28,31)(H,29,30)/t21-/m0/s1. The molecule has 0 aliphatic heterocycles. The lowest BCUT2D eigenvalue weighted by Crippen LogP contribution is -2.40. The number of hydrogen-bond acceptors (Lipinski definition) is 6. The maximum atomic E-state index is 12.5. The van der Waals surface area contributed by atoms with Gasteiger partial charge in [0.05, 0.1) is 6.61 Å². The first-order valence-electron chi connectivity index (χ1n) is 10.8. The average molecular weight is 449 g/mol. The fraction of sp³-hybridized carbons (Fsp3) is 0.240. The van der Waals surface area contributed by atoms with E-state index in [1.54, 1.807) is 35.9 Å². The molecule has 0 bridgehead atoms. The number of pyridine rings is 1. The number of amides is 2. The van der Waals surface area contributed by atoms with Crippen LogP contribution in [-0.2, 0) is 11.2 Å². The molecule has 0 radical (unpaired) electrons. The minimum absolute atomic E-state index is 0.0450. The summed E-state index contributed by atoms with van der Waals surface area (Å²) in [4.78, 5) is 28.4. The third kappa shape index (κ3) is 8.27. The van der Waals surface area contributed by atoms with Crippen LogP contribution in [0.4, 0.5) is 5.82 Å². The number of benzene rings is 2. The summed E-state index contributed by atoms with van der Waals surface area (Å²) >= 11 is 0. The van der Waals surface area contributed by atoms with Crippen LogP contribution in [-0.4, -0.2) is 41.2 Å². The Balaban J connectivity index is 1.48. The zero-order valence-electron chi connectivity index (χ0n) is 18.2. The minimum atomic E-state index is -0.562. The Kier molecular flexibility index (Phi) is 9.23. The van der Waals surface area contributed by atoms with Gasteiger partial charge in [0.2, 0.25) is 5.91 Å². The Bertz CT molecular complexity index is 998. The molecule has 1 aromatic heterocycles. The predicted molar refractivity (Wildman–Crippen MR) is 125 cm³/mol. The van der Waals surface area contributed by atoms with E-state index in [9.17, 15) is 9.59 Å². The molecule has 0 saturated carbocycles. The summed E-state index contributed by atoms with van der Waals surface area (Å²) in [6.07, 6.45) is 2.95. The molecule has 2 amide bonds. The number of hydrogen-bond donors (Lipinski definition) is 4. The number of ether oxygens (including phenoxy) is 1. The highest BCUT2D eigenvalue weighted by atomic mass is 16.5. The molecule has 1 heterocycles. The zero-order chi connectivity index (χ0) is 23.3. The minimum Gasteiger partial charge on any atom is -0.494 e. The van der Waals surface area contributed by atoms with Crippen molar-refractivity contribution in [3.05, 3.63) is 90.1 Å². The molecule has 172 valence electrons. The molecule has 8 heteroatoms. The Morgan fingerprint density at radius 1 is 0.970 bits per heavy atom. The average Bonchev–Trinajstić information content (AvgIpc) is 2.86. The molecule has 2 aromatic carbocycles. The summed E-state index contributed by atoms with van der Waals surface area (Å²) in [7, 11) is 0. The largest absolute Gasteiger partial charge is 0.494 e.